The predicted molar refractivity (Wildman–Crippen MR) is 87.2 cm³/mol. The largest absolute Gasteiger partial charge is 0.456 e. The Morgan fingerprint density at radius 2 is 2.04 bits per heavy atom. The van der Waals surface area contributed by atoms with E-state index in [-0.39, 0.29) is 6.61 Å². The number of ether oxygens (including phenoxy) is 1. The van der Waals surface area contributed by atoms with Crippen molar-refractivity contribution < 1.29 is 9.53 Å². The zero-order valence-electron chi connectivity index (χ0n) is 12.3. The molecule has 7 heteroatoms. The summed E-state index contributed by atoms with van der Waals surface area (Å²) in [7, 11) is 0. The van der Waals surface area contributed by atoms with Crippen LogP contribution in [0.4, 0.5) is 0 Å². The van der Waals surface area contributed by atoms with Gasteiger partial charge in [0.1, 0.15) is 12.4 Å². The molecule has 0 aliphatic heterocycles. The van der Waals surface area contributed by atoms with Gasteiger partial charge in [-0.05, 0) is 53.2 Å². The molecule has 0 unspecified atom stereocenters. The SMILES string of the molecule is Cc1nccc(COC(=O)c2ccc(-n3cc(Br)cn3)cc2)n1. The maximum Gasteiger partial charge on any atom is 0.338 e. The number of carbonyl (C=O) groups is 1. The standard InChI is InChI=1S/C16H13BrN4O2/c1-11-18-7-6-14(20-11)10-23-16(22)12-2-4-15(5-3-12)21-9-13(17)8-19-21/h2-9H,10H2,1H3. The van der Waals surface area contributed by atoms with Crippen molar-refractivity contribution in [2.24, 2.45) is 0 Å². The second-order valence-corrected chi connectivity index (χ2v) is 5.74. The van der Waals surface area contributed by atoms with E-state index in [4.69, 9.17) is 4.74 Å². The molecule has 3 rings (SSSR count). The lowest BCUT2D eigenvalue weighted by molar-refractivity contribution is 0.0467. The van der Waals surface area contributed by atoms with Crippen molar-refractivity contribution in [1.82, 2.24) is 19.7 Å². The van der Waals surface area contributed by atoms with Crippen LogP contribution >= 0.6 is 15.9 Å². The lowest BCUT2D eigenvalue weighted by atomic mass is 10.2. The Morgan fingerprint density at radius 1 is 1.26 bits per heavy atom. The summed E-state index contributed by atoms with van der Waals surface area (Å²) < 4.78 is 7.86. The minimum atomic E-state index is -0.394. The van der Waals surface area contributed by atoms with E-state index in [9.17, 15) is 4.79 Å². The molecular formula is C16H13BrN4O2. The normalized spacial score (nSPS) is 10.5. The number of rotatable bonds is 4. The van der Waals surface area contributed by atoms with Gasteiger partial charge in [0.2, 0.25) is 0 Å². The van der Waals surface area contributed by atoms with Crippen LogP contribution in [0.25, 0.3) is 5.69 Å². The summed E-state index contributed by atoms with van der Waals surface area (Å²) in [6, 6.07) is 8.76. The van der Waals surface area contributed by atoms with Crippen molar-refractivity contribution in [2.75, 3.05) is 0 Å². The minimum Gasteiger partial charge on any atom is -0.456 e. The van der Waals surface area contributed by atoms with E-state index in [0.717, 1.165) is 10.2 Å². The highest BCUT2D eigenvalue weighted by molar-refractivity contribution is 9.10. The van der Waals surface area contributed by atoms with Gasteiger partial charge in [0.15, 0.2) is 0 Å². The van der Waals surface area contributed by atoms with Gasteiger partial charge in [-0.15, -0.1) is 0 Å². The van der Waals surface area contributed by atoms with Crippen LogP contribution in [0.1, 0.15) is 21.9 Å². The van der Waals surface area contributed by atoms with Crippen LogP contribution < -0.4 is 0 Å². The Bertz CT molecular complexity index is 830. The second kappa shape index (κ2) is 6.70. The van der Waals surface area contributed by atoms with Crippen LogP contribution in [0.5, 0.6) is 0 Å². The van der Waals surface area contributed by atoms with Crippen molar-refractivity contribution in [3.63, 3.8) is 0 Å². The Balaban J connectivity index is 1.66. The minimum absolute atomic E-state index is 0.121. The molecule has 0 saturated heterocycles. The first-order valence-corrected chi connectivity index (χ1v) is 7.67. The van der Waals surface area contributed by atoms with E-state index in [1.165, 1.54) is 0 Å². The molecule has 0 saturated carbocycles. The molecule has 0 N–H and O–H groups in total. The third kappa shape index (κ3) is 3.81. The van der Waals surface area contributed by atoms with E-state index >= 15 is 0 Å². The summed E-state index contributed by atoms with van der Waals surface area (Å²) in [6.45, 7) is 1.91. The fraction of sp³-hybridized carbons (Fsp3) is 0.125. The molecule has 0 atom stereocenters. The van der Waals surface area contributed by atoms with Crippen LogP contribution in [-0.2, 0) is 11.3 Å². The van der Waals surface area contributed by atoms with Gasteiger partial charge in [0.05, 0.1) is 27.6 Å². The van der Waals surface area contributed by atoms with E-state index in [1.54, 1.807) is 42.2 Å². The summed E-state index contributed by atoms with van der Waals surface area (Å²) in [5, 5.41) is 4.18. The first-order chi connectivity index (χ1) is 11.1. The first-order valence-electron chi connectivity index (χ1n) is 6.88. The van der Waals surface area contributed by atoms with Crippen LogP contribution in [0.15, 0.2) is 53.4 Å². The number of hydrogen-bond acceptors (Lipinski definition) is 5. The Morgan fingerprint density at radius 3 is 2.70 bits per heavy atom. The smallest absolute Gasteiger partial charge is 0.338 e. The molecule has 2 heterocycles. The molecule has 0 fully saturated rings. The topological polar surface area (TPSA) is 69.9 Å². The zero-order chi connectivity index (χ0) is 16.2. The third-order valence-corrected chi connectivity index (χ3v) is 3.51. The van der Waals surface area contributed by atoms with E-state index in [0.29, 0.717) is 17.1 Å². The van der Waals surface area contributed by atoms with Crippen molar-refractivity contribution in [3.05, 3.63) is 70.5 Å². The maximum atomic E-state index is 12.1. The summed E-state index contributed by atoms with van der Waals surface area (Å²) in [6.07, 6.45) is 5.18. The highest BCUT2D eigenvalue weighted by Gasteiger charge is 2.09. The molecule has 116 valence electrons. The molecule has 1 aromatic carbocycles. The van der Waals surface area contributed by atoms with E-state index in [2.05, 4.69) is 31.0 Å². The highest BCUT2D eigenvalue weighted by Crippen LogP contribution is 2.14. The predicted octanol–water partition coefficient (Wildman–Crippen LogP) is 3.09. The third-order valence-electron chi connectivity index (χ3n) is 3.10. The average molecular weight is 373 g/mol. The molecule has 0 spiro atoms. The Hall–Kier alpha value is -2.54. The molecule has 23 heavy (non-hydrogen) atoms. The van der Waals surface area contributed by atoms with Crippen molar-refractivity contribution in [2.45, 2.75) is 13.5 Å². The number of aromatic nitrogens is 4. The lowest BCUT2D eigenvalue weighted by Crippen LogP contribution is -2.07. The summed E-state index contributed by atoms with van der Waals surface area (Å²) >= 11 is 3.35. The molecule has 6 nitrogen and oxygen atoms in total. The Labute approximate surface area is 141 Å². The van der Waals surface area contributed by atoms with Crippen LogP contribution in [0, 0.1) is 6.92 Å². The molecular weight excluding hydrogens is 360 g/mol. The summed E-state index contributed by atoms with van der Waals surface area (Å²) in [4.78, 5) is 20.3. The average Bonchev–Trinajstić information content (AvgIpc) is 2.99. The highest BCUT2D eigenvalue weighted by atomic mass is 79.9. The van der Waals surface area contributed by atoms with Crippen LogP contribution in [0.3, 0.4) is 0 Å². The summed E-state index contributed by atoms with van der Waals surface area (Å²) in [5.74, 6) is 0.253. The van der Waals surface area contributed by atoms with Gasteiger partial charge in [0, 0.05) is 12.4 Å². The maximum absolute atomic E-state index is 12.1. The van der Waals surface area contributed by atoms with Gasteiger partial charge >= 0.3 is 5.97 Å². The van der Waals surface area contributed by atoms with E-state index < -0.39 is 5.97 Å². The quantitative estimate of drug-likeness (QED) is 0.658. The Kier molecular flexibility index (Phi) is 4.47. The molecule has 0 aliphatic carbocycles. The fourth-order valence-corrected chi connectivity index (χ4v) is 2.29. The number of aryl methyl sites for hydroxylation is 1. The second-order valence-electron chi connectivity index (χ2n) is 4.82. The van der Waals surface area contributed by atoms with Gasteiger partial charge in [-0.3, -0.25) is 0 Å². The van der Waals surface area contributed by atoms with E-state index in [1.807, 2.05) is 18.3 Å². The molecule has 0 aliphatic rings. The molecule has 0 bridgehead atoms. The first kappa shape index (κ1) is 15.4. The van der Waals surface area contributed by atoms with Gasteiger partial charge in [0.25, 0.3) is 0 Å². The number of carbonyl (C=O) groups excluding carboxylic acids is 1. The molecule has 2 aromatic heterocycles. The van der Waals surface area contributed by atoms with Crippen LogP contribution in [-0.4, -0.2) is 25.7 Å². The number of benzene rings is 1. The number of nitrogens with zero attached hydrogens (tertiary/aromatic N) is 4. The number of esters is 1. The van der Waals surface area contributed by atoms with Gasteiger partial charge < -0.3 is 4.74 Å². The monoisotopic (exact) mass is 372 g/mol. The van der Waals surface area contributed by atoms with Gasteiger partial charge in [-0.1, -0.05) is 0 Å². The molecule has 0 amide bonds. The molecule has 0 radical (unpaired) electrons. The van der Waals surface area contributed by atoms with Gasteiger partial charge in [-0.2, -0.15) is 5.10 Å². The van der Waals surface area contributed by atoms with Crippen LogP contribution in [0.2, 0.25) is 0 Å². The van der Waals surface area contributed by atoms with Gasteiger partial charge in [-0.25, -0.2) is 19.4 Å². The van der Waals surface area contributed by atoms with Crippen molar-refractivity contribution in [3.8, 4) is 5.69 Å². The summed E-state index contributed by atoms with van der Waals surface area (Å²) in [5.41, 5.74) is 2.01. The zero-order valence-corrected chi connectivity index (χ0v) is 13.9. The lowest BCUT2D eigenvalue weighted by Gasteiger charge is -2.06. The van der Waals surface area contributed by atoms with Crippen molar-refractivity contribution in [1.29, 1.82) is 0 Å². The van der Waals surface area contributed by atoms with Crippen molar-refractivity contribution >= 4 is 21.9 Å². The fourth-order valence-electron chi connectivity index (χ4n) is 2.00. The number of halogens is 1. The number of hydrogen-bond donors (Lipinski definition) is 0. The molecule has 3 aromatic rings.